The fourth-order valence-corrected chi connectivity index (χ4v) is 0.655. The Morgan fingerprint density at radius 2 is 2.10 bits per heavy atom. The van der Waals surface area contributed by atoms with E-state index in [-0.39, 0.29) is 6.10 Å². The topological polar surface area (TPSA) is 50.9 Å². The van der Waals surface area contributed by atoms with Gasteiger partial charge in [-0.2, -0.15) is 15.0 Å². The van der Waals surface area contributed by atoms with Gasteiger partial charge in [-0.25, -0.2) is 0 Å². The van der Waals surface area contributed by atoms with E-state index in [4.69, 9.17) is 5.11 Å². The maximum absolute atomic E-state index is 9.13. The van der Waals surface area contributed by atoms with Crippen molar-refractivity contribution in [3.63, 3.8) is 0 Å². The molecule has 56 valence electrons. The molecule has 0 aliphatic carbocycles. The van der Waals surface area contributed by atoms with Crippen molar-refractivity contribution in [3.05, 3.63) is 12.4 Å². The Bertz CT molecular complexity index is 173. The molecular formula is C6H11N3O. The van der Waals surface area contributed by atoms with Gasteiger partial charge in [0.2, 0.25) is 0 Å². The summed E-state index contributed by atoms with van der Waals surface area (Å²) in [6, 6.07) is 0. The minimum absolute atomic E-state index is 0.326. The van der Waals surface area contributed by atoms with Crippen molar-refractivity contribution in [2.75, 3.05) is 0 Å². The van der Waals surface area contributed by atoms with Crippen molar-refractivity contribution in [1.29, 1.82) is 0 Å². The van der Waals surface area contributed by atoms with Gasteiger partial charge in [0.25, 0.3) is 0 Å². The molecule has 1 N–H and O–H groups in total. The quantitative estimate of drug-likeness (QED) is 0.647. The standard InChI is InChI=1S/C6H11N3O/c1-2-6(10)5-9-7-3-4-8-9/h3-4,6,10H,2,5H2,1H3/t6-/m1/s1. The molecule has 1 aromatic rings. The molecule has 0 spiro atoms. The van der Waals surface area contributed by atoms with Crippen molar-refractivity contribution in [2.45, 2.75) is 26.0 Å². The average molecular weight is 141 g/mol. The molecule has 0 radical (unpaired) electrons. The smallest absolute Gasteiger partial charge is 0.0866 e. The van der Waals surface area contributed by atoms with E-state index >= 15 is 0 Å². The molecule has 1 aromatic heterocycles. The molecule has 1 rings (SSSR count). The van der Waals surface area contributed by atoms with Gasteiger partial charge in [0, 0.05) is 0 Å². The summed E-state index contributed by atoms with van der Waals surface area (Å²) in [5, 5.41) is 16.8. The zero-order valence-electron chi connectivity index (χ0n) is 5.94. The molecule has 1 atom stereocenters. The predicted octanol–water partition coefficient (Wildman–Crippen LogP) is 0.0490. The normalized spacial score (nSPS) is 13.4. The summed E-state index contributed by atoms with van der Waals surface area (Å²) in [6.45, 7) is 2.41. The van der Waals surface area contributed by atoms with Gasteiger partial charge in [-0.1, -0.05) is 6.92 Å². The van der Waals surface area contributed by atoms with E-state index in [1.165, 1.54) is 4.80 Å². The molecular weight excluding hydrogens is 130 g/mol. The van der Waals surface area contributed by atoms with E-state index in [1.807, 2.05) is 6.92 Å². The lowest BCUT2D eigenvalue weighted by Crippen LogP contribution is -2.16. The van der Waals surface area contributed by atoms with E-state index in [9.17, 15) is 0 Å². The molecule has 0 aliphatic rings. The Kier molecular flexibility index (Phi) is 2.39. The summed E-state index contributed by atoms with van der Waals surface area (Å²) >= 11 is 0. The number of nitrogens with zero attached hydrogens (tertiary/aromatic N) is 3. The Balaban J connectivity index is 2.40. The Hall–Kier alpha value is -0.900. The van der Waals surface area contributed by atoms with Crippen LogP contribution in [0.1, 0.15) is 13.3 Å². The fourth-order valence-electron chi connectivity index (χ4n) is 0.655. The van der Waals surface area contributed by atoms with Crippen LogP contribution in [0.15, 0.2) is 12.4 Å². The summed E-state index contributed by atoms with van der Waals surface area (Å²) in [5.74, 6) is 0. The monoisotopic (exact) mass is 141 g/mol. The molecule has 0 fully saturated rings. The molecule has 4 nitrogen and oxygen atoms in total. The maximum Gasteiger partial charge on any atom is 0.0866 e. The largest absolute Gasteiger partial charge is 0.391 e. The SMILES string of the molecule is CC[C@@H](O)Cn1nccn1. The number of rotatable bonds is 3. The highest BCUT2D eigenvalue weighted by Crippen LogP contribution is 1.91. The summed E-state index contributed by atoms with van der Waals surface area (Å²) in [6.07, 6.45) is 3.61. The number of aliphatic hydroxyl groups excluding tert-OH is 1. The molecule has 0 amide bonds. The van der Waals surface area contributed by atoms with Crippen molar-refractivity contribution < 1.29 is 5.11 Å². The van der Waals surface area contributed by atoms with Crippen LogP contribution in [0.3, 0.4) is 0 Å². The van der Waals surface area contributed by atoms with Gasteiger partial charge in [0.15, 0.2) is 0 Å². The van der Waals surface area contributed by atoms with Crippen LogP contribution in [0.25, 0.3) is 0 Å². The zero-order valence-corrected chi connectivity index (χ0v) is 5.94. The number of hydrogen-bond acceptors (Lipinski definition) is 3. The van der Waals surface area contributed by atoms with Gasteiger partial charge in [0.1, 0.15) is 0 Å². The third-order valence-corrected chi connectivity index (χ3v) is 1.31. The fraction of sp³-hybridized carbons (Fsp3) is 0.667. The van der Waals surface area contributed by atoms with Crippen molar-refractivity contribution in [2.24, 2.45) is 0 Å². The lowest BCUT2D eigenvalue weighted by molar-refractivity contribution is 0.139. The second kappa shape index (κ2) is 3.31. The van der Waals surface area contributed by atoms with Gasteiger partial charge in [-0.05, 0) is 6.42 Å². The minimum atomic E-state index is -0.326. The molecule has 0 aliphatic heterocycles. The second-order valence-electron chi connectivity index (χ2n) is 2.15. The van der Waals surface area contributed by atoms with Gasteiger partial charge < -0.3 is 5.11 Å². The molecule has 4 heteroatoms. The highest BCUT2D eigenvalue weighted by Gasteiger charge is 2.01. The summed E-state index contributed by atoms with van der Waals surface area (Å²) in [4.78, 5) is 1.48. The van der Waals surface area contributed by atoms with Crippen LogP contribution in [0.4, 0.5) is 0 Å². The van der Waals surface area contributed by atoms with Crippen molar-refractivity contribution in [1.82, 2.24) is 15.0 Å². The summed E-state index contributed by atoms with van der Waals surface area (Å²) in [5.41, 5.74) is 0. The first-order valence-electron chi connectivity index (χ1n) is 3.35. The molecule has 0 saturated heterocycles. The zero-order chi connectivity index (χ0) is 7.40. The Morgan fingerprint density at radius 3 is 2.60 bits per heavy atom. The van der Waals surface area contributed by atoms with Crippen LogP contribution < -0.4 is 0 Å². The highest BCUT2D eigenvalue weighted by molar-refractivity contribution is 4.61. The van der Waals surface area contributed by atoms with E-state index in [1.54, 1.807) is 12.4 Å². The summed E-state index contributed by atoms with van der Waals surface area (Å²) < 4.78 is 0. The van der Waals surface area contributed by atoms with Gasteiger partial charge in [-0.15, -0.1) is 0 Å². The van der Waals surface area contributed by atoms with Crippen LogP contribution in [-0.4, -0.2) is 26.2 Å². The maximum atomic E-state index is 9.13. The Morgan fingerprint density at radius 1 is 1.50 bits per heavy atom. The molecule has 1 heterocycles. The Labute approximate surface area is 59.5 Å². The predicted molar refractivity (Wildman–Crippen MR) is 36.3 cm³/mol. The number of hydrogen-bond donors (Lipinski definition) is 1. The second-order valence-corrected chi connectivity index (χ2v) is 2.15. The van der Waals surface area contributed by atoms with Crippen LogP contribution in [0.2, 0.25) is 0 Å². The van der Waals surface area contributed by atoms with Crippen LogP contribution in [0, 0.1) is 0 Å². The van der Waals surface area contributed by atoms with E-state index in [2.05, 4.69) is 10.2 Å². The van der Waals surface area contributed by atoms with Gasteiger partial charge >= 0.3 is 0 Å². The van der Waals surface area contributed by atoms with Crippen LogP contribution >= 0.6 is 0 Å². The van der Waals surface area contributed by atoms with E-state index in [0.717, 1.165) is 6.42 Å². The lowest BCUT2D eigenvalue weighted by Gasteiger charge is -2.04. The third kappa shape index (κ3) is 1.80. The number of aromatic nitrogens is 3. The van der Waals surface area contributed by atoms with Gasteiger partial charge in [-0.3, -0.25) is 0 Å². The molecule has 0 bridgehead atoms. The lowest BCUT2D eigenvalue weighted by atomic mass is 10.3. The molecule has 0 unspecified atom stereocenters. The molecule has 10 heavy (non-hydrogen) atoms. The van der Waals surface area contributed by atoms with E-state index in [0.29, 0.717) is 6.54 Å². The third-order valence-electron chi connectivity index (χ3n) is 1.31. The minimum Gasteiger partial charge on any atom is -0.391 e. The summed E-state index contributed by atoms with van der Waals surface area (Å²) in [7, 11) is 0. The first-order valence-corrected chi connectivity index (χ1v) is 3.35. The first-order chi connectivity index (χ1) is 4.83. The molecule has 0 saturated carbocycles. The highest BCUT2D eigenvalue weighted by atomic mass is 16.3. The average Bonchev–Trinajstić information content (AvgIpc) is 2.40. The van der Waals surface area contributed by atoms with Crippen LogP contribution in [-0.2, 0) is 6.54 Å². The van der Waals surface area contributed by atoms with E-state index < -0.39 is 0 Å². The molecule has 0 aromatic carbocycles. The van der Waals surface area contributed by atoms with Crippen LogP contribution in [0.5, 0.6) is 0 Å². The van der Waals surface area contributed by atoms with Crippen molar-refractivity contribution >= 4 is 0 Å². The first kappa shape index (κ1) is 7.21. The number of aliphatic hydroxyl groups is 1. The van der Waals surface area contributed by atoms with Gasteiger partial charge in [0.05, 0.1) is 25.0 Å². The van der Waals surface area contributed by atoms with Crippen molar-refractivity contribution in [3.8, 4) is 0 Å².